The molecule has 1 aromatic heterocycles. The van der Waals surface area contributed by atoms with E-state index in [0.29, 0.717) is 0 Å². The molecule has 232 valence electrons. The molecule has 1 aliphatic carbocycles. The number of rotatable bonds is 4. The predicted octanol–water partition coefficient (Wildman–Crippen LogP) is 9.53. The highest BCUT2D eigenvalue weighted by Crippen LogP contribution is 2.44. The smallest absolute Gasteiger partial charge is 0.0574 e. The molecule has 0 radical (unpaired) electrons. The van der Waals surface area contributed by atoms with Crippen LogP contribution in [0.15, 0.2) is 146 Å². The van der Waals surface area contributed by atoms with Gasteiger partial charge in [-0.1, -0.05) is 123 Å². The molecule has 0 amide bonds. The lowest BCUT2D eigenvalue weighted by Gasteiger charge is -2.16. The lowest BCUT2D eigenvalue weighted by Crippen LogP contribution is -2.17. The van der Waals surface area contributed by atoms with E-state index in [-0.39, 0.29) is 6.04 Å². The molecule has 0 unspecified atom stereocenters. The third kappa shape index (κ3) is 6.32. The summed E-state index contributed by atoms with van der Waals surface area (Å²) in [5.74, 6) is 0. The molecule has 1 aliphatic rings. The van der Waals surface area contributed by atoms with Crippen LogP contribution in [0.25, 0.3) is 38.6 Å². The summed E-state index contributed by atoms with van der Waals surface area (Å²) < 4.78 is 2.35. The molecule has 5 N–H and O–H groups in total. The number of benzene rings is 6. The molecule has 7 aromatic rings. The Labute approximate surface area is 273 Å². The molecular weight excluding hydrogens is 560 g/mol. The number of fused-ring (bicyclic) bond motifs is 7. The quantitative estimate of drug-likeness (QED) is 0.175. The molecule has 0 atom stereocenters. The van der Waals surface area contributed by atoms with E-state index in [1.807, 2.05) is 45.2 Å². The Morgan fingerprint density at radius 2 is 1.15 bits per heavy atom. The zero-order valence-electron chi connectivity index (χ0n) is 27.2. The Kier molecular flexibility index (Phi) is 10.7. The van der Waals surface area contributed by atoms with Gasteiger partial charge in [-0.2, -0.15) is 0 Å². The van der Waals surface area contributed by atoms with Crippen molar-refractivity contribution in [3.05, 3.63) is 168 Å². The van der Waals surface area contributed by atoms with Crippen molar-refractivity contribution >= 4 is 27.5 Å². The summed E-state index contributed by atoms with van der Waals surface area (Å²) in [6, 6.07) is 51.4. The Morgan fingerprint density at radius 1 is 0.587 bits per heavy atom. The zero-order valence-corrected chi connectivity index (χ0v) is 27.2. The van der Waals surface area contributed by atoms with E-state index in [4.69, 9.17) is 5.73 Å². The summed E-state index contributed by atoms with van der Waals surface area (Å²) >= 11 is 0. The van der Waals surface area contributed by atoms with E-state index in [1.165, 1.54) is 62.2 Å². The maximum absolute atomic E-state index is 5.92. The first-order valence-corrected chi connectivity index (χ1v) is 16.1. The molecule has 0 bridgehead atoms. The second kappa shape index (κ2) is 15.2. The molecule has 0 aliphatic heterocycles. The van der Waals surface area contributed by atoms with Crippen molar-refractivity contribution in [1.29, 1.82) is 0 Å². The highest BCUT2D eigenvalue weighted by molar-refractivity contribution is 6.13. The fraction of sp³-hybridized carbons (Fsp3) is 0.143. The second-order valence-electron chi connectivity index (χ2n) is 10.8. The fourth-order valence-corrected chi connectivity index (χ4v) is 6.41. The third-order valence-corrected chi connectivity index (χ3v) is 8.33. The van der Waals surface area contributed by atoms with E-state index >= 15 is 0 Å². The lowest BCUT2D eigenvalue weighted by molar-refractivity contribution is 0.692. The third-order valence-electron chi connectivity index (χ3n) is 8.33. The normalized spacial score (nSPS) is 11.0. The summed E-state index contributed by atoms with van der Waals surface area (Å²) in [4.78, 5) is 0. The summed E-state index contributed by atoms with van der Waals surface area (Å²) in [7, 11) is 3.49. The molecule has 1 heterocycles. The Bertz CT molecular complexity index is 1950. The Hall–Kier alpha value is -5.16. The van der Waals surface area contributed by atoms with E-state index < -0.39 is 0 Å². The molecular formula is C42H44N4. The monoisotopic (exact) mass is 604 g/mol. The number of nitrogens with zero attached hydrogens (tertiary/aromatic N) is 1. The first kappa shape index (κ1) is 32.2. The maximum Gasteiger partial charge on any atom is 0.0574 e. The van der Waals surface area contributed by atoms with Crippen molar-refractivity contribution in [2.45, 2.75) is 26.3 Å². The molecule has 0 fully saturated rings. The van der Waals surface area contributed by atoms with Crippen LogP contribution in [0.2, 0.25) is 0 Å². The van der Waals surface area contributed by atoms with Gasteiger partial charge in [0, 0.05) is 22.1 Å². The van der Waals surface area contributed by atoms with Crippen molar-refractivity contribution < 1.29 is 0 Å². The summed E-state index contributed by atoms with van der Waals surface area (Å²) in [5.41, 5.74) is 23.1. The van der Waals surface area contributed by atoms with Crippen LogP contribution < -0.4 is 16.8 Å². The van der Waals surface area contributed by atoms with E-state index in [0.717, 1.165) is 17.8 Å². The molecule has 0 spiro atoms. The molecule has 6 aromatic carbocycles. The minimum absolute atomic E-state index is 0.285. The van der Waals surface area contributed by atoms with Crippen LogP contribution in [0.3, 0.4) is 0 Å². The van der Waals surface area contributed by atoms with Crippen molar-refractivity contribution in [2.24, 2.45) is 5.73 Å². The second-order valence-corrected chi connectivity index (χ2v) is 10.8. The van der Waals surface area contributed by atoms with Gasteiger partial charge in [0.05, 0.1) is 17.1 Å². The van der Waals surface area contributed by atoms with Crippen LogP contribution in [-0.2, 0) is 6.42 Å². The number of anilines is 1. The van der Waals surface area contributed by atoms with Gasteiger partial charge in [-0.25, -0.2) is 0 Å². The van der Waals surface area contributed by atoms with Gasteiger partial charge in [0.2, 0.25) is 0 Å². The molecule has 0 saturated carbocycles. The van der Waals surface area contributed by atoms with E-state index in [2.05, 4.69) is 137 Å². The highest BCUT2D eigenvalue weighted by Gasteiger charge is 2.23. The van der Waals surface area contributed by atoms with Gasteiger partial charge < -0.3 is 21.4 Å². The van der Waals surface area contributed by atoms with Gasteiger partial charge in [-0.15, -0.1) is 0 Å². The SMILES string of the molecule is CC.CN.CNC(c1ccccc1)c1ccccc1.Nc1ccc(-n2c3ccccc3c3c4c(ccc32)-c2ccccc2C4)cc1. The number of nitrogen functional groups attached to an aromatic ring is 1. The fourth-order valence-electron chi connectivity index (χ4n) is 6.41. The largest absolute Gasteiger partial charge is 0.399 e. The molecule has 4 heteroatoms. The van der Waals surface area contributed by atoms with Gasteiger partial charge >= 0.3 is 0 Å². The predicted molar refractivity (Wildman–Crippen MR) is 199 cm³/mol. The number of nitrogens with one attached hydrogen (secondary N) is 1. The van der Waals surface area contributed by atoms with Crippen LogP contribution in [-0.4, -0.2) is 18.7 Å². The molecule has 4 nitrogen and oxygen atoms in total. The maximum atomic E-state index is 5.92. The topological polar surface area (TPSA) is 69.0 Å². The lowest BCUT2D eigenvalue weighted by atomic mass is 9.99. The van der Waals surface area contributed by atoms with Crippen molar-refractivity contribution in [3.8, 4) is 16.8 Å². The van der Waals surface area contributed by atoms with Crippen LogP contribution in [0.1, 0.15) is 42.1 Å². The average Bonchev–Trinajstić information content (AvgIpc) is 3.68. The van der Waals surface area contributed by atoms with Crippen LogP contribution in [0.4, 0.5) is 5.69 Å². The van der Waals surface area contributed by atoms with Crippen LogP contribution >= 0.6 is 0 Å². The average molecular weight is 605 g/mol. The van der Waals surface area contributed by atoms with Crippen LogP contribution in [0.5, 0.6) is 0 Å². The first-order chi connectivity index (χ1) is 22.7. The van der Waals surface area contributed by atoms with Gasteiger partial charge in [0.1, 0.15) is 0 Å². The minimum atomic E-state index is 0.285. The van der Waals surface area contributed by atoms with Gasteiger partial charge in [-0.05, 0) is 90.3 Å². The van der Waals surface area contributed by atoms with E-state index in [9.17, 15) is 0 Å². The van der Waals surface area contributed by atoms with E-state index in [1.54, 1.807) is 0 Å². The Morgan fingerprint density at radius 3 is 1.78 bits per heavy atom. The summed E-state index contributed by atoms with van der Waals surface area (Å²) in [6.07, 6.45) is 0.999. The molecule has 0 saturated heterocycles. The number of hydrogen-bond acceptors (Lipinski definition) is 3. The Balaban J connectivity index is 0.000000187. The van der Waals surface area contributed by atoms with Gasteiger partial charge in [0.25, 0.3) is 0 Å². The zero-order chi connectivity index (χ0) is 32.5. The standard InChI is InChI=1S/C25H18N2.C14H15N.C2H6.CH5N/c26-17-9-11-18(12-10-17)27-23-8-4-3-7-21(23)25-22-15-16-5-1-2-6-19(16)20(22)13-14-24(25)27;1-15-14(12-8-4-2-5-9-12)13-10-6-3-7-11-13;2*1-2/h1-14H,15,26H2;2-11,14-15H,1H3;1-2H3;2H2,1H3. The first-order valence-electron chi connectivity index (χ1n) is 16.1. The van der Waals surface area contributed by atoms with Crippen molar-refractivity contribution in [3.63, 3.8) is 0 Å². The van der Waals surface area contributed by atoms with Crippen molar-refractivity contribution in [2.75, 3.05) is 19.8 Å². The number of hydrogen-bond donors (Lipinski definition) is 3. The molecule has 8 rings (SSSR count). The number of aromatic nitrogens is 1. The summed E-state index contributed by atoms with van der Waals surface area (Å²) in [5, 5.41) is 6.02. The van der Waals surface area contributed by atoms with Gasteiger partial charge in [0.15, 0.2) is 0 Å². The van der Waals surface area contributed by atoms with Gasteiger partial charge in [-0.3, -0.25) is 0 Å². The highest BCUT2D eigenvalue weighted by atomic mass is 15.0. The van der Waals surface area contributed by atoms with Crippen molar-refractivity contribution in [1.82, 2.24) is 9.88 Å². The number of para-hydroxylation sites is 1. The van der Waals surface area contributed by atoms with Crippen LogP contribution in [0, 0.1) is 0 Å². The molecule has 46 heavy (non-hydrogen) atoms. The minimum Gasteiger partial charge on any atom is -0.399 e. The summed E-state index contributed by atoms with van der Waals surface area (Å²) in [6.45, 7) is 4.00. The number of nitrogens with two attached hydrogens (primary N) is 2.